The summed E-state index contributed by atoms with van der Waals surface area (Å²) in [4.78, 5) is 32.0. The molecule has 2 aliphatic heterocycles. The van der Waals surface area contributed by atoms with Gasteiger partial charge in [-0.05, 0) is 43.7 Å². The molecule has 5 N–H and O–H groups in total. The van der Waals surface area contributed by atoms with E-state index < -0.39 is 11.8 Å². The predicted octanol–water partition coefficient (Wildman–Crippen LogP) is 1.50. The highest BCUT2D eigenvalue weighted by Crippen LogP contribution is 2.25. The molecule has 0 unspecified atom stereocenters. The average molecular weight is 501 g/mol. The van der Waals surface area contributed by atoms with Crippen molar-refractivity contribution < 1.29 is 14.3 Å². The van der Waals surface area contributed by atoms with E-state index in [-0.39, 0.29) is 24.0 Å². The minimum absolute atomic E-state index is 0. The Balaban J connectivity index is 0.00000289. The summed E-state index contributed by atoms with van der Waals surface area (Å²) in [5.41, 5.74) is 7.81. The number of ether oxygens (including phenoxy) is 1. The number of nitrogens with two attached hydrogens (primary N) is 1. The van der Waals surface area contributed by atoms with Crippen molar-refractivity contribution >= 4 is 47.1 Å². The van der Waals surface area contributed by atoms with Gasteiger partial charge in [-0.2, -0.15) is 5.10 Å². The Labute approximate surface area is 208 Å². The number of fused-ring (bicyclic) bond motifs is 1. The van der Waals surface area contributed by atoms with Gasteiger partial charge in [-0.3, -0.25) is 9.59 Å². The molecule has 12 heteroatoms. The molecule has 2 saturated heterocycles. The lowest BCUT2D eigenvalue weighted by atomic mass is 10.1. The van der Waals surface area contributed by atoms with Gasteiger partial charge < -0.3 is 31.3 Å². The van der Waals surface area contributed by atoms with Gasteiger partial charge in [-0.1, -0.05) is 0 Å². The van der Waals surface area contributed by atoms with Crippen LogP contribution in [0.1, 0.15) is 33.6 Å². The number of hydrogen-bond acceptors (Lipinski definition) is 8. The van der Waals surface area contributed by atoms with Crippen LogP contribution in [0.4, 0.5) is 17.2 Å². The number of piperidine rings is 1. The number of carbonyl (C=O) groups is 2. The number of benzene rings is 1. The number of morpholine rings is 1. The monoisotopic (exact) mass is 500 g/mol. The Morgan fingerprint density at radius 1 is 1.17 bits per heavy atom. The van der Waals surface area contributed by atoms with Crippen molar-refractivity contribution in [2.75, 3.05) is 54.9 Å². The predicted molar refractivity (Wildman–Crippen MR) is 136 cm³/mol. The molecule has 0 spiro atoms. The summed E-state index contributed by atoms with van der Waals surface area (Å²) in [5.74, 6) is -0.347. The van der Waals surface area contributed by atoms with Crippen LogP contribution in [-0.2, 0) is 4.74 Å². The molecule has 2 aromatic heterocycles. The smallest absolute Gasteiger partial charge is 0.261 e. The highest BCUT2D eigenvalue weighted by molar-refractivity contribution is 6.11. The van der Waals surface area contributed by atoms with Crippen LogP contribution in [0, 0.1) is 0 Å². The number of carbonyl (C=O) groups excluding carboxylic acids is 2. The minimum atomic E-state index is -0.615. The first-order chi connectivity index (χ1) is 16.6. The number of amides is 2. The Morgan fingerprint density at radius 2 is 2.00 bits per heavy atom. The van der Waals surface area contributed by atoms with Crippen LogP contribution >= 0.6 is 12.4 Å². The summed E-state index contributed by atoms with van der Waals surface area (Å²) < 4.78 is 6.94. The summed E-state index contributed by atoms with van der Waals surface area (Å²) in [6.07, 6.45) is 5.40. The van der Waals surface area contributed by atoms with E-state index in [2.05, 4.69) is 30.9 Å². The number of hydrogen-bond donors (Lipinski definition) is 4. The van der Waals surface area contributed by atoms with Crippen molar-refractivity contribution in [1.29, 1.82) is 0 Å². The first-order valence-electron chi connectivity index (χ1n) is 11.5. The van der Waals surface area contributed by atoms with Crippen molar-refractivity contribution in [3.05, 3.63) is 47.8 Å². The third-order valence-corrected chi connectivity index (χ3v) is 6.16. The molecule has 0 saturated carbocycles. The van der Waals surface area contributed by atoms with Crippen LogP contribution < -0.4 is 26.6 Å². The largest absolute Gasteiger partial charge is 0.378 e. The van der Waals surface area contributed by atoms with E-state index in [1.807, 2.05) is 12.1 Å². The summed E-state index contributed by atoms with van der Waals surface area (Å²) in [6.45, 7) is 4.60. The maximum Gasteiger partial charge on any atom is 0.261 e. The number of nitrogens with zero attached hydrogens (tertiary/aromatic N) is 4. The van der Waals surface area contributed by atoms with Crippen molar-refractivity contribution in [3.8, 4) is 0 Å². The SMILES string of the molecule is Cl.NC(=O)c1cc(N2CCOCC2)ccc1NC(=O)c1cnn2ccc(N[C@@H]3CCCNC3)nc12. The average Bonchev–Trinajstić information content (AvgIpc) is 3.29. The third kappa shape index (κ3) is 5.47. The van der Waals surface area contributed by atoms with Crippen molar-refractivity contribution in [1.82, 2.24) is 19.9 Å². The van der Waals surface area contributed by atoms with E-state index in [4.69, 9.17) is 10.5 Å². The lowest BCUT2D eigenvalue weighted by Crippen LogP contribution is -2.38. The lowest BCUT2D eigenvalue weighted by molar-refractivity contribution is 0.100. The zero-order chi connectivity index (χ0) is 23.5. The molecule has 2 aliphatic rings. The van der Waals surface area contributed by atoms with E-state index in [9.17, 15) is 9.59 Å². The van der Waals surface area contributed by atoms with Crippen LogP contribution in [0.2, 0.25) is 0 Å². The van der Waals surface area contributed by atoms with E-state index in [0.29, 0.717) is 35.9 Å². The summed E-state index contributed by atoms with van der Waals surface area (Å²) >= 11 is 0. The molecule has 1 aromatic carbocycles. The number of nitrogens with one attached hydrogen (secondary N) is 3. The van der Waals surface area contributed by atoms with Crippen LogP contribution in [0.25, 0.3) is 5.65 Å². The van der Waals surface area contributed by atoms with Crippen LogP contribution in [0.15, 0.2) is 36.7 Å². The number of rotatable bonds is 6. The second-order valence-corrected chi connectivity index (χ2v) is 8.47. The van der Waals surface area contributed by atoms with Crippen molar-refractivity contribution in [3.63, 3.8) is 0 Å². The normalized spacial score (nSPS) is 18.1. The Hall–Kier alpha value is -3.41. The first kappa shape index (κ1) is 24.7. The molecule has 2 fully saturated rings. The Morgan fingerprint density at radius 3 is 2.74 bits per heavy atom. The zero-order valence-electron chi connectivity index (χ0n) is 19.2. The summed E-state index contributed by atoms with van der Waals surface area (Å²) in [6, 6.07) is 7.39. The van der Waals surface area contributed by atoms with E-state index in [1.54, 1.807) is 22.8 Å². The summed E-state index contributed by atoms with van der Waals surface area (Å²) in [5, 5.41) is 13.8. The molecule has 3 aromatic rings. The van der Waals surface area contributed by atoms with Crippen LogP contribution in [0.5, 0.6) is 0 Å². The highest BCUT2D eigenvalue weighted by atomic mass is 35.5. The van der Waals surface area contributed by atoms with Crippen LogP contribution in [-0.4, -0.2) is 71.8 Å². The van der Waals surface area contributed by atoms with Gasteiger partial charge in [0.15, 0.2) is 5.65 Å². The fourth-order valence-corrected chi connectivity index (χ4v) is 4.35. The van der Waals surface area contributed by atoms with Gasteiger partial charge in [0.25, 0.3) is 11.8 Å². The second-order valence-electron chi connectivity index (χ2n) is 8.47. The fraction of sp³-hybridized carbons (Fsp3) is 0.391. The third-order valence-electron chi connectivity index (χ3n) is 6.16. The maximum absolute atomic E-state index is 13.1. The zero-order valence-corrected chi connectivity index (χ0v) is 20.0. The quantitative estimate of drug-likeness (QED) is 0.399. The molecule has 5 rings (SSSR count). The van der Waals surface area contributed by atoms with E-state index >= 15 is 0 Å². The van der Waals surface area contributed by atoms with E-state index in [0.717, 1.165) is 44.7 Å². The molecular weight excluding hydrogens is 472 g/mol. The molecule has 4 heterocycles. The number of anilines is 3. The van der Waals surface area contributed by atoms with Gasteiger partial charge in [-0.25, -0.2) is 9.50 Å². The van der Waals surface area contributed by atoms with Gasteiger partial charge in [-0.15, -0.1) is 12.4 Å². The number of halogens is 1. The fourth-order valence-electron chi connectivity index (χ4n) is 4.35. The molecule has 0 bridgehead atoms. The van der Waals surface area contributed by atoms with Crippen LogP contribution in [0.3, 0.4) is 0 Å². The van der Waals surface area contributed by atoms with Gasteiger partial charge in [0.05, 0.1) is 30.7 Å². The lowest BCUT2D eigenvalue weighted by Gasteiger charge is -2.29. The second kappa shape index (κ2) is 10.9. The first-order valence-corrected chi connectivity index (χ1v) is 11.5. The Kier molecular flexibility index (Phi) is 7.69. The van der Waals surface area contributed by atoms with Gasteiger partial charge >= 0.3 is 0 Å². The number of aromatic nitrogens is 3. The van der Waals surface area contributed by atoms with Gasteiger partial charge in [0.1, 0.15) is 11.4 Å². The molecule has 0 aliphatic carbocycles. The maximum atomic E-state index is 13.1. The molecular formula is C23H29ClN8O3. The molecule has 0 radical (unpaired) electrons. The number of primary amides is 1. The van der Waals surface area contributed by atoms with E-state index in [1.165, 1.54) is 6.20 Å². The molecule has 35 heavy (non-hydrogen) atoms. The Bertz CT molecular complexity index is 1200. The molecule has 11 nitrogen and oxygen atoms in total. The topological polar surface area (TPSA) is 139 Å². The highest BCUT2D eigenvalue weighted by Gasteiger charge is 2.20. The van der Waals surface area contributed by atoms with Gasteiger partial charge in [0, 0.05) is 37.6 Å². The standard InChI is InChI=1S/C23H28N8O3.ClH/c24-21(32)17-12-16(30-8-10-34-11-9-30)3-4-19(17)28-23(33)18-14-26-31-7-5-20(29-22(18)31)27-15-2-1-6-25-13-15;/h3-5,7,12,14-15,25H,1-2,6,8-11,13H2,(H2,24,32)(H,27,29)(H,28,33);1H/t15-;/m1./s1. The molecule has 1 atom stereocenters. The molecule has 186 valence electrons. The van der Waals surface area contributed by atoms with Gasteiger partial charge in [0.2, 0.25) is 0 Å². The summed E-state index contributed by atoms with van der Waals surface area (Å²) in [7, 11) is 0. The van der Waals surface area contributed by atoms with Crippen molar-refractivity contribution in [2.24, 2.45) is 5.73 Å². The molecule has 2 amide bonds. The van der Waals surface area contributed by atoms with Crippen molar-refractivity contribution in [2.45, 2.75) is 18.9 Å². The minimum Gasteiger partial charge on any atom is -0.378 e.